The maximum atomic E-state index is 13.2. The number of nitrogens with one attached hydrogen (secondary N) is 1. The van der Waals surface area contributed by atoms with E-state index in [1.807, 2.05) is 31.2 Å². The highest BCUT2D eigenvalue weighted by Gasteiger charge is 2.21. The summed E-state index contributed by atoms with van der Waals surface area (Å²) in [5, 5.41) is 0.635. The van der Waals surface area contributed by atoms with Gasteiger partial charge in [-0.3, -0.25) is 9.36 Å². The van der Waals surface area contributed by atoms with E-state index in [-0.39, 0.29) is 9.77 Å². The molecule has 1 aliphatic rings. The van der Waals surface area contributed by atoms with Crippen molar-refractivity contribution in [3.8, 4) is 0 Å². The van der Waals surface area contributed by atoms with Crippen LogP contribution in [-0.2, 0) is 16.6 Å². The number of fused-ring (bicyclic) bond motifs is 1. The van der Waals surface area contributed by atoms with Gasteiger partial charge in [-0.2, -0.15) is 0 Å². The van der Waals surface area contributed by atoms with Gasteiger partial charge in [0, 0.05) is 29.8 Å². The lowest BCUT2D eigenvalue weighted by Crippen LogP contribution is -2.34. The van der Waals surface area contributed by atoms with E-state index in [1.165, 1.54) is 18.5 Å². The van der Waals surface area contributed by atoms with Gasteiger partial charge in [0.25, 0.3) is 0 Å². The highest BCUT2D eigenvalue weighted by Crippen LogP contribution is 2.27. The summed E-state index contributed by atoms with van der Waals surface area (Å²) in [5.74, 6) is 0.685. The Morgan fingerprint density at radius 1 is 1.08 bits per heavy atom. The summed E-state index contributed by atoms with van der Waals surface area (Å²) in [5.41, 5.74) is 3.73. The molecule has 1 N–H and O–H groups in total. The van der Waals surface area contributed by atoms with Crippen molar-refractivity contribution >= 4 is 48.9 Å². The quantitative estimate of drug-likeness (QED) is 0.302. The van der Waals surface area contributed by atoms with Crippen LogP contribution in [0.2, 0.25) is 5.02 Å². The van der Waals surface area contributed by atoms with Gasteiger partial charge in [-0.05, 0) is 79.3 Å². The van der Waals surface area contributed by atoms with E-state index in [2.05, 4.69) is 28.7 Å². The molecule has 4 aromatic rings. The number of hydrogen-bond donors (Lipinski definition) is 1. The zero-order valence-corrected chi connectivity index (χ0v) is 23.2. The van der Waals surface area contributed by atoms with Crippen LogP contribution in [0.15, 0.2) is 76.4 Å². The minimum Gasteiger partial charge on any atom is -0.371 e. The Hall–Kier alpha value is -2.65. The van der Waals surface area contributed by atoms with Crippen molar-refractivity contribution < 1.29 is 8.42 Å². The molecule has 1 saturated heterocycles. The number of thiazole rings is 1. The number of halogens is 1. The van der Waals surface area contributed by atoms with E-state index < -0.39 is 16.1 Å². The van der Waals surface area contributed by atoms with Gasteiger partial charge < -0.3 is 4.90 Å². The second-order valence-corrected chi connectivity index (χ2v) is 13.0. The van der Waals surface area contributed by atoms with Crippen molar-refractivity contribution in [1.82, 2.24) is 9.29 Å². The van der Waals surface area contributed by atoms with Gasteiger partial charge in [-0.25, -0.2) is 13.1 Å². The van der Waals surface area contributed by atoms with Crippen LogP contribution in [0.5, 0.6) is 0 Å². The maximum absolute atomic E-state index is 13.2. The van der Waals surface area contributed by atoms with Gasteiger partial charge in [0.15, 0.2) is 0 Å². The topological polar surface area (TPSA) is 71.4 Å². The summed E-state index contributed by atoms with van der Waals surface area (Å²) >= 11 is 7.01. The van der Waals surface area contributed by atoms with E-state index in [4.69, 9.17) is 11.6 Å². The predicted octanol–water partition coefficient (Wildman–Crippen LogP) is 6.04. The largest absolute Gasteiger partial charge is 0.371 e. The van der Waals surface area contributed by atoms with Gasteiger partial charge in [0.1, 0.15) is 0 Å². The zero-order valence-electron chi connectivity index (χ0n) is 20.9. The number of nitrogens with zero attached hydrogens (tertiary/aromatic N) is 2. The first-order valence-corrected chi connectivity index (χ1v) is 15.1. The van der Waals surface area contributed by atoms with Crippen LogP contribution in [0.25, 0.3) is 10.2 Å². The number of sulfonamides is 1. The van der Waals surface area contributed by atoms with Gasteiger partial charge in [0.2, 0.25) is 10.0 Å². The number of anilines is 1. The number of benzene rings is 3. The summed E-state index contributed by atoms with van der Waals surface area (Å²) in [6.07, 6.45) is 2.46. The summed E-state index contributed by atoms with van der Waals surface area (Å²) in [4.78, 5) is 15.1. The third-order valence-corrected chi connectivity index (χ3v) is 9.68. The Kier molecular flexibility index (Phi) is 7.45. The maximum Gasteiger partial charge on any atom is 0.308 e. The summed E-state index contributed by atoms with van der Waals surface area (Å²) in [6.45, 7) is 6.63. The van der Waals surface area contributed by atoms with Crippen molar-refractivity contribution in [1.29, 1.82) is 0 Å². The molecule has 2 heterocycles. The van der Waals surface area contributed by atoms with E-state index in [0.717, 1.165) is 35.6 Å². The zero-order chi connectivity index (χ0) is 26.2. The molecule has 6 nitrogen and oxygen atoms in total. The van der Waals surface area contributed by atoms with Gasteiger partial charge in [-0.15, -0.1) is 0 Å². The van der Waals surface area contributed by atoms with Crippen LogP contribution in [-0.4, -0.2) is 26.1 Å². The first-order valence-electron chi connectivity index (χ1n) is 12.4. The van der Waals surface area contributed by atoms with Crippen LogP contribution in [0.3, 0.4) is 0 Å². The summed E-state index contributed by atoms with van der Waals surface area (Å²) in [6, 6.07) is 19.9. The van der Waals surface area contributed by atoms with Crippen molar-refractivity contribution in [2.45, 2.75) is 44.2 Å². The highest BCUT2D eigenvalue weighted by atomic mass is 35.5. The monoisotopic (exact) mass is 555 g/mol. The van der Waals surface area contributed by atoms with Gasteiger partial charge >= 0.3 is 4.87 Å². The second-order valence-electron chi connectivity index (χ2n) is 9.84. The first kappa shape index (κ1) is 26.0. The number of hydrogen-bond acceptors (Lipinski definition) is 5. The summed E-state index contributed by atoms with van der Waals surface area (Å²) < 4.78 is 31.5. The Labute approximate surface area is 226 Å². The lowest BCUT2D eigenvalue weighted by atomic mass is 9.99. The van der Waals surface area contributed by atoms with Crippen LogP contribution >= 0.6 is 22.9 Å². The van der Waals surface area contributed by atoms with Crippen LogP contribution < -0.4 is 14.5 Å². The molecule has 3 aromatic carbocycles. The molecule has 0 saturated carbocycles. The normalized spacial score (nSPS) is 17.3. The molecule has 5 rings (SSSR count). The Morgan fingerprint density at radius 2 is 1.81 bits per heavy atom. The Morgan fingerprint density at radius 3 is 2.51 bits per heavy atom. The third kappa shape index (κ3) is 5.77. The molecular weight excluding hydrogens is 526 g/mol. The highest BCUT2D eigenvalue weighted by molar-refractivity contribution is 7.89. The number of piperidine rings is 1. The van der Waals surface area contributed by atoms with Crippen LogP contribution in [0.4, 0.5) is 5.69 Å². The predicted molar refractivity (Wildman–Crippen MR) is 152 cm³/mol. The van der Waals surface area contributed by atoms with Crippen molar-refractivity contribution in [2.75, 3.05) is 18.0 Å². The molecule has 2 atom stereocenters. The Balaban J connectivity index is 1.32. The smallest absolute Gasteiger partial charge is 0.308 e. The molecule has 0 spiro atoms. The second kappa shape index (κ2) is 10.6. The molecule has 0 bridgehead atoms. The third-order valence-electron chi connectivity index (χ3n) is 6.95. The average Bonchev–Trinajstić information content (AvgIpc) is 3.19. The molecule has 1 aliphatic heterocycles. The van der Waals surface area contributed by atoms with E-state index in [1.54, 1.807) is 34.9 Å². The lowest BCUT2D eigenvalue weighted by molar-refractivity contribution is 0.447. The van der Waals surface area contributed by atoms with E-state index >= 15 is 0 Å². The average molecular weight is 556 g/mol. The molecule has 0 amide bonds. The molecule has 1 fully saturated rings. The molecule has 0 radical (unpaired) electrons. The SMILES string of the molecule is C[C@@H]1CCCN(c2ccc([C@@H](C)NS(=O)(=O)c3ccc4c(c3)sc(=O)n4Cc3ccc(Cl)cc3)cc2)C1. The molecule has 1 aromatic heterocycles. The minimum atomic E-state index is -3.78. The van der Waals surface area contributed by atoms with E-state index in [0.29, 0.717) is 27.7 Å². The first-order chi connectivity index (χ1) is 17.7. The fraction of sp³-hybridized carbons (Fsp3) is 0.321. The minimum absolute atomic E-state index is 0.135. The number of aromatic nitrogens is 1. The molecule has 0 unspecified atom stereocenters. The molecule has 9 heteroatoms. The fourth-order valence-corrected chi connectivity index (χ4v) is 7.29. The number of rotatable bonds is 7. The molecular formula is C28H30ClN3O3S2. The van der Waals surface area contributed by atoms with Gasteiger partial charge in [-0.1, -0.05) is 54.1 Å². The lowest BCUT2D eigenvalue weighted by Gasteiger charge is -2.33. The fourth-order valence-electron chi connectivity index (χ4n) is 4.90. The van der Waals surface area contributed by atoms with Crippen LogP contribution in [0.1, 0.15) is 43.9 Å². The van der Waals surface area contributed by atoms with Crippen molar-refractivity contribution in [3.05, 3.63) is 92.5 Å². The van der Waals surface area contributed by atoms with E-state index in [9.17, 15) is 13.2 Å². The van der Waals surface area contributed by atoms with Crippen molar-refractivity contribution in [3.63, 3.8) is 0 Å². The molecule has 0 aliphatic carbocycles. The van der Waals surface area contributed by atoms with Crippen molar-refractivity contribution in [2.24, 2.45) is 5.92 Å². The summed E-state index contributed by atoms with van der Waals surface area (Å²) in [7, 11) is -3.78. The van der Waals surface area contributed by atoms with Gasteiger partial charge in [0.05, 0.1) is 21.7 Å². The Bertz CT molecular complexity index is 1560. The molecule has 37 heavy (non-hydrogen) atoms. The van der Waals surface area contributed by atoms with Crippen LogP contribution in [0, 0.1) is 5.92 Å². The standard InChI is InChI=1S/C28H30ClN3O3S2/c1-19-4-3-15-31(17-19)24-11-7-22(8-12-24)20(2)30-37(34,35)25-13-14-26-27(16-25)36-28(33)32(26)18-21-5-9-23(29)10-6-21/h5-14,16,19-20,30H,3-4,15,17-18H2,1-2H3/t19-,20-/m1/s1. The molecule has 194 valence electrons.